The Morgan fingerprint density at radius 2 is 1.58 bits per heavy atom. The molecule has 7 nitrogen and oxygen atoms in total. The van der Waals surface area contributed by atoms with E-state index in [2.05, 4.69) is 15.7 Å². The average Bonchev–Trinajstić information content (AvgIpc) is 2.75. The van der Waals surface area contributed by atoms with Crippen LogP contribution in [0.25, 0.3) is 22.0 Å². The number of hydrogen-bond donors (Lipinski definition) is 2. The van der Waals surface area contributed by atoms with Crippen molar-refractivity contribution < 1.29 is 9.59 Å². The number of hydrogen-bond acceptors (Lipinski definition) is 4. The van der Waals surface area contributed by atoms with Gasteiger partial charge in [0.1, 0.15) is 6.54 Å². The maximum Gasteiger partial charge on any atom is 0.267 e. The Kier molecular flexibility index (Phi) is 5.57. The molecule has 31 heavy (non-hydrogen) atoms. The molecule has 4 aromatic rings. The molecule has 0 saturated heterocycles. The fraction of sp³-hybridized carbons (Fsp3) is 0.0833. The third-order valence-corrected chi connectivity index (χ3v) is 4.69. The van der Waals surface area contributed by atoms with E-state index >= 15 is 0 Å². The van der Waals surface area contributed by atoms with Gasteiger partial charge in [0.25, 0.3) is 5.56 Å². The molecule has 0 atom stereocenters. The van der Waals surface area contributed by atoms with Crippen LogP contribution >= 0.6 is 0 Å². The van der Waals surface area contributed by atoms with Crippen molar-refractivity contribution in [3.63, 3.8) is 0 Å². The topological polar surface area (TPSA) is 93.1 Å². The van der Waals surface area contributed by atoms with Crippen molar-refractivity contribution in [2.45, 2.75) is 13.5 Å². The molecule has 0 fully saturated rings. The first-order chi connectivity index (χ1) is 15.0. The van der Waals surface area contributed by atoms with E-state index in [9.17, 15) is 14.4 Å². The second-order valence-corrected chi connectivity index (χ2v) is 7.05. The second-order valence-electron chi connectivity index (χ2n) is 7.05. The van der Waals surface area contributed by atoms with Crippen LogP contribution in [0.3, 0.4) is 0 Å². The van der Waals surface area contributed by atoms with Gasteiger partial charge in [0.05, 0.1) is 5.69 Å². The summed E-state index contributed by atoms with van der Waals surface area (Å²) in [5.41, 5.74) is 2.20. The fourth-order valence-corrected chi connectivity index (χ4v) is 3.37. The molecule has 1 heterocycles. The molecule has 1 aromatic heterocycles. The second kappa shape index (κ2) is 8.62. The molecule has 0 aliphatic rings. The third kappa shape index (κ3) is 4.67. The summed E-state index contributed by atoms with van der Waals surface area (Å²) in [7, 11) is 0. The minimum Gasteiger partial charge on any atom is -0.326 e. The smallest absolute Gasteiger partial charge is 0.267 e. The largest absolute Gasteiger partial charge is 0.326 e. The van der Waals surface area contributed by atoms with E-state index in [1.165, 1.54) is 13.0 Å². The molecule has 0 spiro atoms. The average molecular weight is 412 g/mol. The standard InChI is InChI=1S/C24H20N4O3/c1-16(29)25-18-8-5-9-19(14-18)26-23(30)15-28-24(31)13-12-22(27-28)21-11-4-7-17-6-2-3-10-20(17)21/h2-14H,15H2,1H3,(H,25,29)(H,26,30). The van der Waals surface area contributed by atoms with Crippen LogP contribution in [-0.2, 0) is 16.1 Å². The van der Waals surface area contributed by atoms with E-state index in [4.69, 9.17) is 0 Å². The van der Waals surface area contributed by atoms with Crippen LogP contribution < -0.4 is 16.2 Å². The van der Waals surface area contributed by atoms with Crippen LogP contribution in [0.4, 0.5) is 11.4 Å². The number of carbonyl (C=O) groups is 2. The van der Waals surface area contributed by atoms with Crippen molar-refractivity contribution in [1.82, 2.24) is 9.78 Å². The molecule has 0 saturated carbocycles. The van der Waals surface area contributed by atoms with E-state index in [0.717, 1.165) is 21.0 Å². The molecule has 2 N–H and O–H groups in total. The molecule has 4 rings (SSSR count). The molecule has 2 amide bonds. The summed E-state index contributed by atoms with van der Waals surface area (Å²) in [5, 5.41) is 11.9. The number of rotatable bonds is 5. The Bertz CT molecular complexity index is 1340. The predicted octanol–water partition coefficient (Wildman–Crippen LogP) is 3.66. The lowest BCUT2D eigenvalue weighted by Crippen LogP contribution is -2.29. The van der Waals surface area contributed by atoms with Gasteiger partial charge in [-0.05, 0) is 35.0 Å². The zero-order chi connectivity index (χ0) is 21.8. The molecule has 154 valence electrons. The van der Waals surface area contributed by atoms with Crippen molar-refractivity contribution in [2.24, 2.45) is 0 Å². The van der Waals surface area contributed by atoms with Crippen LogP contribution in [0.5, 0.6) is 0 Å². The van der Waals surface area contributed by atoms with Crippen molar-refractivity contribution in [3.8, 4) is 11.3 Å². The number of nitrogens with one attached hydrogen (secondary N) is 2. The summed E-state index contributed by atoms with van der Waals surface area (Å²) < 4.78 is 1.14. The fourth-order valence-electron chi connectivity index (χ4n) is 3.37. The van der Waals surface area contributed by atoms with Crippen molar-refractivity contribution in [3.05, 3.63) is 89.2 Å². The first-order valence-corrected chi connectivity index (χ1v) is 9.73. The zero-order valence-corrected chi connectivity index (χ0v) is 16.8. The Labute approximate surface area is 178 Å². The predicted molar refractivity (Wildman–Crippen MR) is 121 cm³/mol. The Hall–Kier alpha value is -4.26. The van der Waals surface area contributed by atoms with E-state index in [1.807, 2.05) is 42.5 Å². The van der Waals surface area contributed by atoms with Crippen LogP contribution in [0.2, 0.25) is 0 Å². The van der Waals surface area contributed by atoms with Gasteiger partial charge in [0.15, 0.2) is 0 Å². The summed E-state index contributed by atoms with van der Waals surface area (Å²) in [6.45, 7) is 1.17. The molecular formula is C24H20N4O3. The van der Waals surface area contributed by atoms with Gasteiger partial charge in [-0.2, -0.15) is 5.10 Å². The van der Waals surface area contributed by atoms with Gasteiger partial charge in [0.2, 0.25) is 11.8 Å². The van der Waals surface area contributed by atoms with E-state index in [1.54, 1.807) is 30.3 Å². The van der Waals surface area contributed by atoms with Gasteiger partial charge in [-0.1, -0.05) is 48.5 Å². The summed E-state index contributed by atoms with van der Waals surface area (Å²) in [6, 6.07) is 23.7. The van der Waals surface area contributed by atoms with Gasteiger partial charge in [-0.15, -0.1) is 0 Å². The Balaban J connectivity index is 1.57. The number of fused-ring (bicyclic) bond motifs is 1. The molecule has 0 bridgehead atoms. The summed E-state index contributed by atoms with van der Waals surface area (Å²) in [6.07, 6.45) is 0. The lowest BCUT2D eigenvalue weighted by Gasteiger charge is -2.10. The number of amides is 2. The third-order valence-electron chi connectivity index (χ3n) is 4.69. The number of aromatic nitrogens is 2. The molecule has 3 aromatic carbocycles. The zero-order valence-electron chi connectivity index (χ0n) is 16.8. The number of benzene rings is 3. The van der Waals surface area contributed by atoms with Crippen molar-refractivity contribution >= 4 is 34.0 Å². The minimum atomic E-state index is -0.398. The van der Waals surface area contributed by atoms with E-state index in [-0.39, 0.29) is 18.0 Å². The van der Waals surface area contributed by atoms with Gasteiger partial charge < -0.3 is 10.6 Å². The van der Waals surface area contributed by atoms with Gasteiger partial charge in [-0.3, -0.25) is 14.4 Å². The highest BCUT2D eigenvalue weighted by Gasteiger charge is 2.11. The molecule has 0 unspecified atom stereocenters. The van der Waals surface area contributed by atoms with Crippen LogP contribution in [0.1, 0.15) is 6.92 Å². The first-order valence-electron chi connectivity index (χ1n) is 9.73. The normalized spacial score (nSPS) is 10.6. The lowest BCUT2D eigenvalue weighted by atomic mass is 10.0. The van der Waals surface area contributed by atoms with Crippen molar-refractivity contribution in [1.29, 1.82) is 0 Å². The highest BCUT2D eigenvalue weighted by molar-refractivity contribution is 5.96. The molecule has 0 aliphatic heterocycles. The molecule has 7 heteroatoms. The maximum atomic E-state index is 12.5. The maximum absolute atomic E-state index is 12.5. The van der Waals surface area contributed by atoms with Gasteiger partial charge in [-0.25, -0.2) is 4.68 Å². The highest BCUT2D eigenvalue weighted by atomic mass is 16.2. The Morgan fingerprint density at radius 1 is 0.871 bits per heavy atom. The summed E-state index contributed by atoms with van der Waals surface area (Å²) >= 11 is 0. The van der Waals surface area contributed by atoms with Crippen LogP contribution in [-0.4, -0.2) is 21.6 Å². The van der Waals surface area contributed by atoms with Crippen LogP contribution in [0, 0.1) is 0 Å². The number of nitrogens with zero attached hydrogens (tertiary/aromatic N) is 2. The van der Waals surface area contributed by atoms with Gasteiger partial charge >= 0.3 is 0 Å². The SMILES string of the molecule is CC(=O)Nc1cccc(NC(=O)Cn2nc(-c3cccc4ccccc34)ccc2=O)c1. The van der Waals surface area contributed by atoms with Crippen LogP contribution in [0.15, 0.2) is 83.7 Å². The highest BCUT2D eigenvalue weighted by Crippen LogP contribution is 2.26. The summed E-state index contributed by atoms with van der Waals surface area (Å²) in [4.78, 5) is 36.0. The van der Waals surface area contributed by atoms with E-state index < -0.39 is 5.91 Å². The number of carbonyl (C=O) groups excluding carboxylic acids is 2. The Morgan fingerprint density at radius 3 is 2.39 bits per heavy atom. The van der Waals surface area contributed by atoms with E-state index in [0.29, 0.717) is 17.1 Å². The minimum absolute atomic E-state index is 0.204. The summed E-state index contributed by atoms with van der Waals surface area (Å²) in [5.74, 6) is -0.603. The lowest BCUT2D eigenvalue weighted by molar-refractivity contribution is -0.117. The quantitative estimate of drug-likeness (QED) is 0.523. The monoisotopic (exact) mass is 412 g/mol. The molecular weight excluding hydrogens is 392 g/mol. The van der Waals surface area contributed by atoms with Gasteiger partial charge in [0, 0.05) is 29.9 Å². The molecule has 0 aliphatic carbocycles. The van der Waals surface area contributed by atoms with Crippen molar-refractivity contribution in [2.75, 3.05) is 10.6 Å². The first kappa shape index (κ1) is 20.0. The number of anilines is 2. The molecule has 0 radical (unpaired) electrons.